The maximum absolute atomic E-state index is 14.0. The summed E-state index contributed by atoms with van der Waals surface area (Å²) in [6, 6.07) is 3.12. The number of fused-ring (bicyclic) bond motifs is 3. The molecule has 1 aromatic carbocycles. The van der Waals surface area contributed by atoms with Crippen molar-refractivity contribution in [3.05, 3.63) is 29.1 Å². The monoisotopic (exact) mass is 322 g/mol. The second-order valence-electron chi connectivity index (χ2n) is 6.20. The Morgan fingerprint density at radius 3 is 2.96 bits per heavy atom. The molecule has 0 aromatic heterocycles. The van der Waals surface area contributed by atoms with Gasteiger partial charge >= 0.3 is 5.97 Å². The van der Waals surface area contributed by atoms with E-state index in [0.717, 1.165) is 17.7 Å². The highest BCUT2D eigenvalue weighted by molar-refractivity contribution is 5.81. The number of hydrogen-bond acceptors (Lipinski definition) is 5. The van der Waals surface area contributed by atoms with Gasteiger partial charge in [0, 0.05) is 11.5 Å². The fourth-order valence-electron chi connectivity index (χ4n) is 3.34. The van der Waals surface area contributed by atoms with E-state index in [2.05, 4.69) is 0 Å². The fourth-order valence-corrected chi connectivity index (χ4v) is 3.34. The molecule has 2 fully saturated rings. The molecule has 5 nitrogen and oxygen atoms in total. The molecule has 1 saturated heterocycles. The maximum atomic E-state index is 14.0. The normalized spacial score (nSPS) is 30.9. The third kappa shape index (κ3) is 2.50. The van der Waals surface area contributed by atoms with Crippen molar-refractivity contribution >= 4 is 5.97 Å². The zero-order valence-electron chi connectivity index (χ0n) is 13.1. The summed E-state index contributed by atoms with van der Waals surface area (Å²) in [6.45, 7) is 5.27. The average Bonchev–Trinajstić information content (AvgIpc) is 3.44. The summed E-state index contributed by atoms with van der Waals surface area (Å²) in [5, 5.41) is 0. The molecule has 0 amide bonds. The first-order valence-electron chi connectivity index (χ1n) is 8.00. The van der Waals surface area contributed by atoms with E-state index in [0.29, 0.717) is 13.2 Å². The third-order valence-corrected chi connectivity index (χ3v) is 4.65. The minimum Gasteiger partial charge on any atom is -0.485 e. The number of carbonyl (C=O) groups excluding carboxylic acids is 1. The van der Waals surface area contributed by atoms with Crippen molar-refractivity contribution in [2.24, 2.45) is 5.92 Å². The van der Waals surface area contributed by atoms with Gasteiger partial charge in [-0.2, -0.15) is 0 Å². The number of ether oxygens (including phenoxy) is 4. The lowest BCUT2D eigenvalue weighted by molar-refractivity contribution is -0.145. The van der Waals surface area contributed by atoms with Crippen molar-refractivity contribution in [3.8, 4) is 5.75 Å². The van der Waals surface area contributed by atoms with Crippen molar-refractivity contribution < 1.29 is 28.1 Å². The number of halogens is 1. The van der Waals surface area contributed by atoms with Gasteiger partial charge in [0.15, 0.2) is 11.6 Å². The number of epoxide rings is 1. The second kappa shape index (κ2) is 5.46. The van der Waals surface area contributed by atoms with Gasteiger partial charge in [-0.25, -0.2) is 4.39 Å². The summed E-state index contributed by atoms with van der Waals surface area (Å²) in [5.74, 6) is -0.865. The minimum absolute atomic E-state index is 0.127. The summed E-state index contributed by atoms with van der Waals surface area (Å²) in [5.41, 5.74) is 1.64. The first kappa shape index (κ1) is 14.9. The van der Waals surface area contributed by atoms with Crippen molar-refractivity contribution in [1.29, 1.82) is 0 Å². The van der Waals surface area contributed by atoms with Crippen LogP contribution in [0.3, 0.4) is 0 Å². The van der Waals surface area contributed by atoms with E-state index in [1.165, 1.54) is 6.07 Å². The zero-order valence-corrected chi connectivity index (χ0v) is 13.1. The Bertz CT molecular complexity index is 642. The average molecular weight is 322 g/mol. The smallest absolute Gasteiger partial charge is 0.313 e. The number of rotatable bonds is 6. The van der Waals surface area contributed by atoms with Crippen LogP contribution in [0.5, 0.6) is 5.75 Å². The molecule has 2 heterocycles. The van der Waals surface area contributed by atoms with Gasteiger partial charge in [-0.3, -0.25) is 4.79 Å². The van der Waals surface area contributed by atoms with E-state index in [1.807, 2.05) is 6.92 Å². The molecule has 0 N–H and O–H groups in total. The molecular formula is C17H19FO5. The quantitative estimate of drug-likeness (QED) is 0.594. The summed E-state index contributed by atoms with van der Waals surface area (Å²) >= 11 is 0. The van der Waals surface area contributed by atoms with Crippen LogP contribution in [-0.2, 0) is 19.0 Å². The Hall–Kier alpha value is -1.66. The first-order chi connectivity index (χ1) is 11.1. The van der Waals surface area contributed by atoms with Crippen molar-refractivity contribution in [1.82, 2.24) is 0 Å². The molecule has 1 saturated carbocycles. The van der Waals surface area contributed by atoms with Gasteiger partial charge in [-0.15, -0.1) is 0 Å². The van der Waals surface area contributed by atoms with Crippen molar-refractivity contribution in [2.45, 2.75) is 38.1 Å². The Morgan fingerprint density at radius 1 is 1.48 bits per heavy atom. The standard InChI is InChI=1S/C17H19FO5/c1-3-20-17(19)14-13-12-10(8(2)21-6-9-7-22-9)4-5-11(18)15(12)23-16(13)14/h4-5,8-9,13-14,16H,3,6-7H2,1-2H3/t8-,9+,13?,14?,16?/m1/s1. The van der Waals surface area contributed by atoms with Crippen molar-refractivity contribution in [2.75, 3.05) is 19.8 Å². The Morgan fingerprint density at radius 2 is 2.26 bits per heavy atom. The number of hydrogen-bond donors (Lipinski definition) is 0. The third-order valence-electron chi connectivity index (χ3n) is 4.65. The van der Waals surface area contributed by atoms with Crippen LogP contribution in [0.15, 0.2) is 12.1 Å². The van der Waals surface area contributed by atoms with Crippen LogP contribution in [0.2, 0.25) is 0 Å². The lowest BCUT2D eigenvalue weighted by atomic mass is 9.97. The Kier molecular flexibility index (Phi) is 3.54. The molecule has 0 spiro atoms. The predicted octanol–water partition coefficient (Wildman–Crippen LogP) is 2.34. The van der Waals surface area contributed by atoms with Gasteiger partial charge < -0.3 is 18.9 Å². The Labute approximate surface area is 133 Å². The van der Waals surface area contributed by atoms with Crippen LogP contribution >= 0.6 is 0 Å². The maximum Gasteiger partial charge on any atom is 0.313 e. The number of benzene rings is 1. The van der Waals surface area contributed by atoms with Crippen LogP contribution in [-0.4, -0.2) is 38.0 Å². The van der Waals surface area contributed by atoms with E-state index >= 15 is 0 Å². The first-order valence-corrected chi connectivity index (χ1v) is 8.00. The molecule has 3 aliphatic rings. The lowest BCUT2D eigenvalue weighted by Crippen LogP contribution is -2.15. The van der Waals surface area contributed by atoms with Crippen LogP contribution in [0.4, 0.5) is 4.39 Å². The van der Waals surface area contributed by atoms with E-state index < -0.39 is 5.82 Å². The summed E-state index contributed by atoms with van der Waals surface area (Å²) < 4.78 is 35.7. The molecule has 0 radical (unpaired) electrons. The number of esters is 1. The van der Waals surface area contributed by atoms with Gasteiger partial charge in [-0.05, 0) is 25.5 Å². The molecule has 5 atom stereocenters. The van der Waals surface area contributed by atoms with Crippen LogP contribution in [0, 0.1) is 11.7 Å². The van der Waals surface area contributed by atoms with E-state index in [1.54, 1.807) is 13.0 Å². The largest absolute Gasteiger partial charge is 0.485 e. The predicted molar refractivity (Wildman–Crippen MR) is 77.8 cm³/mol. The van der Waals surface area contributed by atoms with Gasteiger partial charge in [0.1, 0.15) is 18.1 Å². The summed E-state index contributed by atoms with van der Waals surface area (Å²) in [6.07, 6.45) is -0.346. The fraction of sp³-hybridized carbons (Fsp3) is 0.588. The van der Waals surface area contributed by atoms with Gasteiger partial charge in [0.2, 0.25) is 0 Å². The van der Waals surface area contributed by atoms with E-state index in [4.69, 9.17) is 18.9 Å². The van der Waals surface area contributed by atoms with Gasteiger partial charge in [0.05, 0.1) is 25.9 Å². The Balaban J connectivity index is 1.58. The lowest BCUT2D eigenvalue weighted by Gasteiger charge is -2.18. The molecular weight excluding hydrogens is 303 g/mol. The van der Waals surface area contributed by atoms with E-state index in [-0.39, 0.29) is 41.9 Å². The molecule has 3 unspecified atom stereocenters. The zero-order chi connectivity index (χ0) is 16.1. The molecule has 124 valence electrons. The molecule has 4 rings (SSSR count). The highest BCUT2D eigenvalue weighted by atomic mass is 19.1. The SMILES string of the molecule is CCOC(=O)C1C2Oc3c(F)ccc([C@@H](C)OC[C@H]4CO4)c3C21. The van der Waals surface area contributed by atoms with Gasteiger partial charge in [0.25, 0.3) is 0 Å². The van der Waals surface area contributed by atoms with Crippen LogP contribution in [0.25, 0.3) is 0 Å². The molecule has 0 bridgehead atoms. The van der Waals surface area contributed by atoms with Crippen LogP contribution in [0.1, 0.15) is 37.0 Å². The van der Waals surface area contributed by atoms with Gasteiger partial charge in [-0.1, -0.05) is 6.07 Å². The molecule has 2 aliphatic heterocycles. The molecule has 23 heavy (non-hydrogen) atoms. The highest BCUT2D eigenvalue weighted by Crippen LogP contribution is 2.61. The molecule has 1 aromatic rings. The van der Waals surface area contributed by atoms with Crippen molar-refractivity contribution in [3.63, 3.8) is 0 Å². The molecule has 6 heteroatoms. The topological polar surface area (TPSA) is 57.3 Å². The molecule has 1 aliphatic carbocycles. The summed E-state index contributed by atoms with van der Waals surface area (Å²) in [7, 11) is 0. The highest BCUT2D eigenvalue weighted by Gasteiger charge is 2.65. The number of carbonyl (C=O) groups is 1. The van der Waals surface area contributed by atoms with Crippen LogP contribution < -0.4 is 4.74 Å². The minimum atomic E-state index is -0.392. The van der Waals surface area contributed by atoms with E-state index in [9.17, 15) is 9.18 Å². The summed E-state index contributed by atoms with van der Waals surface area (Å²) in [4.78, 5) is 12.0. The second-order valence-corrected chi connectivity index (χ2v) is 6.20.